The SMILES string of the molecule is Cn1ccc(=O)n(Cc2cc3nccc(-c4cc(C#N)cc5c4N([C@H]4CCNC4)CCC5)c3s2)c1=O. The van der Waals surface area contributed by atoms with Crippen LogP contribution in [0.5, 0.6) is 0 Å². The van der Waals surface area contributed by atoms with E-state index < -0.39 is 0 Å². The smallest absolute Gasteiger partial charge is 0.331 e. The average Bonchev–Trinajstić information content (AvgIpc) is 3.58. The van der Waals surface area contributed by atoms with E-state index >= 15 is 0 Å². The summed E-state index contributed by atoms with van der Waals surface area (Å²) in [6.07, 6.45) is 6.43. The predicted molar refractivity (Wildman–Crippen MR) is 142 cm³/mol. The van der Waals surface area contributed by atoms with Gasteiger partial charge in [0.15, 0.2) is 0 Å². The third-order valence-corrected chi connectivity index (χ3v) is 8.37. The van der Waals surface area contributed by atoms with Crippen LogP contribution in [0.4, 0.5) is 5.69 Å². The number of nitrogens with zero attached hydrogens (tertiary/aromatic N) is 5. The van der Waals surface area contributed by atoms with Crippen molar-refractivity contribution in [1.82, 2.24) is 19.4 Å². The number of anilines is 1. The fourth-order valence-corrected chi connectivity index (χ4v) is 6.64. The molecule has 2 aliphatic rings. The second-order valence-electron chi connectivity index (χ2n) is 9.51. The average molecular weight is 499 g/mol. The minimum absolute atomic E-state index is 0.197. The number of aryl methyl sites for hydroxylation is 2. The molecule has 36 heavy (non-hydrogen) atoms. The van der Waals surface area contributed by atoms with Gasteiger partial charge in [0.25, 0.3) is 5.56 Å². The molecule has 182 valence electrons. The Labute approximate surface area is 212 Å². The van der Waals surface area contributed by atoms with Gasteiger partial charge in [-0.2, -0.15) is 5.26 Å². The summed E-state index contributed by atoms with van der Waals surface area (Å²) in [5.74, 6) is 0. The van der Waals surface area contributed by atoms with E-state index in [1.165, 1.54) is 32.6 Å². The molecule has 1 fully saturated rings. The lowest BCUT2D eigenvalue weighted by atomic mass is 9.90. The molecule has 2 aliphatic heterocycles. The Hall–Kier alpha value is -3.74. The molecule has 0 saturated carbocycles. The van der Waals surface area contributed by atoms with Crippen LogP contribution in [0.1, 0.15) is 28.8 Å². The maximum absolute atomic E-state index is 12.6. The molecule has 0 amide bonds. The van der Waals surface area contributed by atoms with Gasteiger partial charge in [-0.15, -0.1) is 11.3 Å². The van der Waals surface area contributed by atoms with Crippen molar-refractivity contribution in [3.8, 4) is 17.2 Å². The molecule has 0 spiro atoms. The van der Waals surface area contributed by atoms with Gasteiger partial charge in [0.05, 0.1) is 28.4 Å². The molecule has 1 aromatic carbocycles. The second kappa shape index (κ2) is 9.04. The van der Waals surface area contributed by atoms with Crippen LogP contribution in [0, 0.1) is 11.3 Å². The number of hydrogen-bond donors (Lipinski definition) is 1. The number of benzene rings is 1. The van der Waals surface area contributed by atoms with Crippen molar-refractivity contribution < 1.29 is 0 Å². The first-order valence-electron chi connectivity index (χ1n) is 12.2. The van der Waals surface area contributed by atoms with Crippen molar-refractivity contribution in [1.29, 1.82) is 5.26 Å². The van der Waals surface area contributed by atoms with Crippen LogP contribution in [0.2, 0.25) is 0 Å². The lowest BCUT2D eigenvalue weighted by Gasteiger charge is -2.38. The highest BCUT2D eigenvalue weighted by molar-refractivity contribution is 7.19. The third-order valence-electron chi connectivity index (χ3n) is 7.23. The number of aromatic nitrogens is 3. The van der Waals surface area contributed by atoms with E-state index in [2.05, 4.69) is 21.3 Å². The number of rotatable bonds is 4. The number of hydrogen-bond acceptors (Lipinski definition) is 7. The van der Waals surface area contributed by atoms with Crippen LogP contribution in [-0.2, 0) is 20.0 Å². The molecule has 6 rings (SSSR count). The molecule has 0 radical (unpaired) electrons. The molecule has 4 aromatic rings. The zero-order valence-corrected chi connectivity index (χ0v) is 20.8. The summed E-state index contributed by atoms with van der Waals surface area (Å²) in [4.78, 5) is 33.0. The minimum Gasteiger partial charge on any atom is -0.366 e. The Morgan fingerprint density at radius 2 is 2.11 bits per heavy atom. The van der Waals surface area contributed by atoms with E-state index in [1.54, 1.807) is 24.6 Å². The first-order chi connectivity index (χ1) is 17.5. The van der Waals surface area contributed by atoms with Crippen LogP contribution in [0.15, 0.2) is 52.3 Å². The Morgan fingerprint density at radius 1 is 1.22 bits per heavy atom. The zero-order valence-electron chi connectivity index (χ0n) is 20.0. The standard InChI is InChI=1S/C27H26N6O2S/c1-31-10-6-24(34)33(27(31)35)16-20-13-23-26(36-20)21(5-8-30-23)22-12-17(14-28)11-18-3-2-9-32(25(18)22)19-4-7-29-15-19/h5-6,8,10-13,19,29H,2-4,7,9,15-16H2,1H3/t19-/m0/s1. The molecule has 0 bridgehead atoms. The van der Waals surface area contributed by atoms with Gasteiger partial charge in [-0.3, -0.25) is 14.3 Å². The van der Waals surface area contributed by atoms with E-state index in [0.717, 1.165) is 65.1 Å². The van der Waals surface area contributed by atoms with Crippen LogP contribution in [0.3, 0.4) is 0 Å². The highest BCUT2D eigenvalue weighted by atomic mass is 32.1. The van der Waals surface area contributed by atoms with Crippen LogP contribution >= 0.6 is 11.3 Å². The highest BCUT2D eigenvalue weighted by Gasteiger charge is 2.30. The van der Waals surface area contributed by atoms with E-state index in [0.29, 0.717) is 11.6 Å². The van der Waals surface area contributed by atoms with Crippen molar-refractivity contribution in [3.63, 3.8) is 0 Å². The number of thiophene rings is 1. The van der Waals surface area contributed by atoms with E-state index in [4.69, 9.17) is 0 Å². The zero-order chi connectivity index (χ0) is 24.8. The maximum atomic E-state index is 12.6. The topological polar surface area (TPSA) is 95.9 Å². The molecule has 1 saturated heterocycles. The summed E-state index contributed by atoms with van der Waals surface area (Å²) in [5, 5.41) is 13.3. The highest BCUT2D eigenvalue weighted by Crippen LogP contribution is 2.43. The molecule has 0 unspecified atom stereocenters. The Bertz CT molecular complexity index is 1640. The first kappa shape index (κ1) is 22.7. The van der Waals surface area contributed by atoms with Gasteiger partial charge in [-0.25, -0.2) is 4.79 Å². The van der Waals surface area contributed by atoms with Gasteiger partial charge in [0.2, 0.25) is 0 Å². The summed E-state index contributed by atoms with van der Waals surface area (Å²) in [5.41, 5.74) is 5.38. The predicted octanol–water partition coefficient (Wildman–Crippen LogP) is 2.86. The monoisotopic (exact) mass is 498 g/mol. The molecule has 0 aliphatic carbocycles. The summed E-state index contributed by atoms with van der Waals surface area (Å²) in [7, 11) is 1.64. The number of nitrogens with one attached hydrogen (secondary N) is 1. The van der Waals surface area contributed by atoms with Gasteiger partial charge in [-0.1, -0.05) is 0 Å². The quantitative estimate of drug-likeness (QED) is 0.465. The lowest BCUT2D eigenvalue weighted by molar-refractivity contribution is 0.592. The van der Waals surface area contributed by atoms with Crippen molar-refractivity contribution >= 4 is 27.2 Å². The van der Waals surface area contributed by atoms with Crippen molar-refractivity contribution in [2.45, 2.75) is 31.8 Å². The lowest BCUT2D eigenvalue weighted by Crippen LogP contribution is -2.40. The second-order valence-corrected chi connectivity index (χ2v) is 10.6. The van der Waals surface area contributed by atoms with Crippen molar-refractivity contribution in [3.05, 3.63) is 79.6 Å². The largest absolute Gasteiger partial charge is 0.366 e. The van der Waals surface area contributed by atoms with Gasteiger partial charge in [0, 0.05) is 66.3 Å². The fourth-order valence-electron chi connectivity index (χ4n) is 5.51. The van der Waals surface area contributed by atoms with Gasteiger partial charge in [0.1, 0.15) is 0 Å². The fraction of sp³-hybridized carbons (Fsp3) is 0.333. The molecule has 9 heteroatoms. The number of fused-ring (bicyclic) bond motifs is 2. The van der Waals surface area contributed by atoms with Gasteiger partial charge >= 0.3 is 5.69 Å². The van der Waals surface area contributed by atoms with Gasteiger partial charge < -0.3 is 14.8 Å². The normalized spacial score (nSPS) is 17.3. The minimum atomic E-state index is -0.343. The Balaban J connectivity index is 1.51. The Kier molecular flexibility index (Phi) is 5.70. The number of nitriles is 1. The van der Waals surface area contributed by atoms with Crippen molar-refractivity contribution in [2.24, 2.45) is 7.05 Å². The van der Waals surface area contributed by atoms with Gasteiger partial charge in [-0.05, 0) is 55.6 Å². The molecular formula is C27H26N6O2S. The molecule has 5 heterocycles. The van der Waals surface area contributed by atoms with Crippen LogP contribution < -0.4 is 21.5 Å². The van der Waals surface area contributed by atoms with E-state index in [1.807, 2.05) is 24.3 Å². The van der Waals surface area contributed by atoms with Crippen LogP contribution in [0.25, 0.3) is 21.3 Å². The Morgan fingerprint density at radius 3 is 2.92 bits per heavy atom. The molecule has 3 aromatic heterocycles. The molecular weight excluding hydrogens is 472 g/mol. The van der Waals surface area contributed by atoms with E-state index in [-0.39, 0.29) is 17.8 Å². The third kappa shape index (κ3) is 3.83. The summed E-state index contributed by atoms with van der Waals surface area (Å²) in [6.45, 7) is 3.19. The first-order valence-corrected chi connectivity index (χ1v) is 13.0. The molecule has 1 N–H and O–H groups in total. The summed E-state index contributed by atoms with van der Waals surface area (Å²) in [6, 6.07) is 12.2. The number of pyridine rings is 1. The van der Waals surface area contributed by atoms with E-state index in [9.17, 15) is 14.9 Å². The van der Waals surface area contributed by atoms with Crippen molar-refractivity contribution in [2.75, 3.05) is 24.5 Å². The summed E-state index contributed by atoms with van der Waals surface area (Å²) >= 11 is 1.55. The summed E-state index contributed by atoms with van der Waals surface area (Å²) < 4.78 is 3.66. The van der Waals surface area contributed by atoms with Crippen LogP contribution in [-0.4, -0.2) is 39.8 Å². The maximum Gasteiger partial charge on any atom is 0.331 e. The molecule has 8 nitrogen and oxygen atoms in total. The molecule has 1 atom stereocenters.